The molecule has 0 aromatic heterocycles. The number of fused-ring (bicyclic) bond motifs is 1. The molecule has 1 aromatic carbocycles. The van der Waals surface area contributed by atoms with E-state index in [-0.39, 0.29) is 11.5 Å². The third-order valence-corrected chi connectivity index (χ3v) is 2.26. The first-order valence-corrected chi connectivity index (χ1v) is 4.25. The summed E-state index contributed by atoms with van der Waals surface area (Å²) >= 11 is 2.98. The molecule has 2 nitrogen and oxygen atoms in total. The maximum atomic E-state index is 12.9. The second kappa shape index (κ2) is 2.55. The molecule has 0 saturated carbocycles. The van der Waals surface area contributed by atoms with Gasteiger partial charge in [0.2, 0.25) is 10.8 Å². The molecule has 1 aliphatic heterocycles. The normalized spacial score (nSPS) is 20.5. The lowest BCUT2D eigenvalue weighted by atomic mass is 10.1. The zero-order valence-electron chi connectivity index (χ0n) is 5.88. The number of ketones is 1. The molecule has 0 aliphatic carbocycles. The van der Waals surface area contributed by atoms with Crippen LogP contribution in [0.3, 0.4) is 0 Å². The van der Waals surface area contributed by atoms with E-state index in [4.69, 9.17) is 4.74 Å². The molecule has 1 aromatic rings. The van der Waals surface area contributed by atoms with Gasteiger partial charge in [0.25, 0.3) is 0 Å². The number of carbonyl (C=O) groups is 1. The maximum Gasteiger partial charge on any atom is 0.218 e. The van der Waals surface area contributed by atoms with Crippen LogP contribution in [-0.4, -0.2) is 10.8 Å². The van der Waals surface area contributed by atoms with Gasteiger partial charge in [-0.3, -0.25) is 4.79 Å². The second-order valence-electron chi connectivity index (χ2n) is 2.41. The number of benzene rings is 1. The molecule has 1 aliphatic rings. The lowest BCUT2D eigenvalue weighted by Gasteiger charge is -1.99. The lowest BCUT2D eigenvalue weighted by Crippen LogP contribution is -2.10. The van der Waals surface area contributed by atoms with Gasteiger partial charge in [0, 0.05) is 0 Å². The van der Waals surface area contributed by atoms with Crippen LogP contribution in [-0.2, 0) is 0 Å². The predicted molar refractivity (Wildman–Crippen MR) is 44.1 cm³/mol. The van der Waals surface area contributed by atoms with Crippen molar-refractivity contribution in [2.45, 2.75) is 5.01 Å². The number of halogens is 2. The summed E-state index contributed by atoms with van der Waals surface area (Å²) in [5.74, 6) is -0.684. The Kier molecular flexibility index (Phi) is 1.65. The zero-order chi connectivity index (χ0) is 8.72. The van der Waals surface area contributed by atoms with Crippen molar-refractivity contribution in [2.24, 2.45) is 0 Å². The molecule has 1 atom stereocenters. The van der Waals surface area contributed by atoms with E-state index in [0.717, 1.165) is 0 Å². The van der Waals surface area contributed by atoms with Crippen LogP contribution in [0, 0.1) is 5.82 Å². The van der Waals surface area contributed by atoms with Gasteiger partial charge < -0.3 is 4.74 Å². The van der Waals surface area contributed by atoms with Crippen LogP contribution in [0.1, 0.15) is 10.4 Å². The SMILES string of the molecule is O=C1c2cccc(F)c2O[C@@H]1Br. The highest BCUT2D eigenvalue weighted by Gasteiger charge is 2.32. The van der Waals surface area contributed by atoms with Crippen LogP contribution >= 0.6 is 15.9 Å². The third-order valence-electron chi connectivity index (χ3n) is 1.66. The number of hydrogen-bond donors (Lipinski definition) is 0. The molecule has 0 unspecified atom stereocenters. The molecule has 0 fully saturated rings. The largest absolute Gasteiger partial charge is 0.467 e. The van der Waals surface area contributed by atoms with Crippen molar-refractivity contribution in [1.29, 1.82) is 0 Å². The summed E-state index contributed by atoms with van der Waals surface area (Å²) in [6.45, 7) is 0. The van der Waals surface area contributed by atoms with E-state index >= 15 is 0 Å². The van der Waals surface area contributed by atoms with E-state index in [1.54, 1.807) is 6.07 Å². The average molecular weight is 231 g/mol. The van der Waals surface area contributed by atoms with E-state index in [0.29, 0.717) is 5.56 Å². The Morgan fingerprint density at radius 2 is 2.25 bits per heavy atom. The van der Waals surface area contributed by atoms with Gasteiger partial charge in [-0.2, -0.15) is 0 Å². The first-order valence-electron chi connectivity index (χ1n) is 3.33. The molecule has 4 heteroatoms. The van der Waals surface area contributed by atoms with Crippen molar-refractivity contribution in [1.82, 2.24) is 0 Å². The molecule has 0 saturated heterocycles. The summed E-state index contributed by atoms with van der Waals surface area (Å²) in [7, 11) is 0. The van der Waals surface area contributed by atoms with Crippen molar-refractivity contribution in [3.63, 3.8) is 0 Å². The Morgan fingerprint density at radius 1 is 1.50 bits per heavy atom. The van der Waals surface area contributed by atoms with E-state index in [1.165, 1.54) is 12.1 Å². The van der Waals surface area contributed by atoms with Crippen LogP contribution in [0.25, 0.3) is 0 Å². The van der Waals surface area contributed by atoms with Crippen molar-refractivity contribution in [2.75, 3.05) is 0 Å². The lowest BCUT2D eigenvalue weighted by molar-refractivity contribution is 0.0941. The maximum absolute atomic E-state index is 12.9. The molecular weight excluding hydrogens is 227 g/mol. The Hall–Kier alpha value is -0.900. The summed E-state index contributed by atoms with van der Waals surface area (Å²) in [5.41, 5.74) is 0.303. The van der Waals surface area contributed by atoms with Gasteiger partial charge >= 0.3 is 0 Å². The molecular formula is C8H4BrFO2. The van der Waals surface area contributed by atoms with E-state index in [9.17, 15) is 9.18 Å². The Labute approximate surface area is 76.5 Å². The smallest absolute Gasteiger partial charge is 0.218 e. The number of rotatable bonds is 0. The first-order chi connectivity index (χ1) is 5.70. The monoisotopic (exact) mass is 230 g/mol. The molecule has 1 heterocycles. The third kappa shape index (κ3) is 0.948. The second-order valence-corrected chi connectivity index (χ2v) is 3.25. The minimum absolute atomic E-state index is 0.0457. The highest BCUT2D eigenvalue weighted by atomic mass is 79.9. The standard InChI is InChI=1S/C8H4BrFO2/c9-8-6(11)4-2-1-3-5(10)7(4)12-8/h1-3,8H/t8-/m0/s1. The predicted octanol–water partition coefficient (Wildman–Crippen LogP) is 2.12. The van der Waals surface area contributed by atoms with Crippen molar-refractivity contribution >= 4 is 21.7 Å². The van der Waals surface area contributed by atoms with E-state index in [2.05, 4.69) is 15.9 Å². The van der Waals surface area contributed by atoms with E-state index in [1.807, 2.05) is 0 Å². The number of hydrogen-bond acceptors (Lipinski definition) is 2. The fourth-order valence-electron chi connectivity index (χ4n) is 1.10. The number of alkyl halides is 1. The van der Waals surface area contributed by atoms with Crippen LogP contribution in [0.15, 0.2) is 18.2 Å². The van der Waals surface area contributed by atoms with Gasteiger partial charge in [-0.15, -0.1) is 0 Å². The Bertz CT molecular complexity index is 351. The van der Waals surface area contributed by atoms with Gasteiger partial charge in [-0.05, 0) is 28.1 Å². The molecule has 62 valence electrons. The minimum Gasteiger partial charge on any atom is -0.467 e. The minimum atomic E-state index is -0.732. The van der Waals surface area contributed by atoms with Crippen LogP contribution in [0.4, 0.5) is 4.39 Å². The molecule has 0 spiro atoms. The zero-order valence-corrected chi connectivity index (χ0v) is 7.47. The average Bonchev–Trinajstić information content (AvgIpc) is 2.32. The van der Waals surface area contributed by atoms with Crippen molar-refractivity contribution < 1.29 is 13.9 Å². The molecule has 0 N–H and O–H groups in total. The van der Waals surface area contributed by atoms with Gasteiger partial charge in [0.15, 0.2) is 11.6 Å². The summed E-state index contributed by atoms with van der Waals surface area (Å²) in [4.78, 5) is 11.2. The highest BCUT2D eigenvalue weighted by molar-refractivity contribution is 9.09. The highest BCUT2D eigenvalue weighted by Crippen LogP contribution is 2.33. The quantitative estimate of drug-likeness (QED) is 0.639. The fourth-order valence-corrected chi connectivity index (χ4v) is 1.54. The van der Waals surface area contributed by atoms with Crippen molar-refractivity contribution in [3.05, 3.63) is 29.6 Å². The van der Waals surface area contributed by atoms with Crippen LogP contribution in [0.5, 0.6) is 5.75 Å². The number of Topliss-reactive ketones (excluding diaryl/α,β-unsaturated/α-hetero) is 1. The van der Waals surface area contributed by atoms with Crippen LogP contribution < -0.4 is 4.74 Å². The van der Waals surface area contributed by atoms with E-state index < -0.39 is 10.8 Å². The Morgan fingerprint density at radius 3 is 2.92 bits per heavy atom. The number of carbonyl (C=O) groups excluding carboxylic acids is 1. The summed E-state index contributed by atoms with van der Waals surface area (Å²) in [6.07, 6.45) is 0. The molecule has 0 amide bonds. The molecule has 2 rings (SSSR count). The number of para-hydroxylation sites is 1. The van der Waals surface area contributed by atoms with Gasteiger partial charge in [0.1, 0.15) is 0 Å². The van der Waals surface area contributed by atoms with Gasteiger partial charge in [-0.25, -0.2) is 4.39 Å². The van der Waals surface area contributed by atoms with Crippen LogP contribution in [0.2, 0.25) is 0 Å². The molecule has 12 heavy (non-hydrogen) atoms. The van der Waals surface area contributed by atoms with Gasteiger partial charge in [0.05, 0.1) is 5.56 Å². The first kappa shape index (κ1) is 7.73. The summed E-state index contributed by atoms with van der Waals surface area (Å²) in [5, 5.41) is -0.732. The summed E-state index contributed by atoms with van der Waals surface area (Å²) < 4.78 is 17.9. The molecule has 0 radical (unpaired) electrons. The van der Waals surface area contributed by atoms with Gasteiger partial charge in [-0.1, -0.05) is 6.07 Å². The molecule has 0 bridgehead atoms. The fraction of sp³-hybridized carbons (Fsp3) is 0.125. The topological polar surface area (TPSA) is 26.3 Å². The van der Waals surface area contributed by atoms with Crippen molar-refractivity contribution in [3.8, 4) is 5.75 Å². The summed E-state index contributed by atoms with van der Waals surface area (Å²) in [6, 6.07) is 4.29. The number of ether oxygens (including phenoxy) is 1. The Balaban J connectivity index is 2.61.